The monoisotopic (exact) mass is 490 g/mol. The average Bonchev–Trinajstić information content (AvgIpc) is 2.85. The summed E-state index contributed by atoms with van der Waals surface area (Å²) in [5.41, 5.74) is 0. The Morgan fingerprint density at radius 3 is 1.83 bits per heavy atom. The lowest BCUT2D eigenvalue weighted by Gasteiger charge is -2.31. The summed E-state index contributed by atoms with van der Waals surface area (Å²) in [6.07, 6.45) is 35.1. The number of hydrogen-bond donors (Lipinski definition) is 2. The summed E-state index contributed by atoms with van der Waals surface area (Å²) in [6.45, 7) is 14.5. The van der Waals surface area contributed by atoms with E-state index in [1.807, 2.05) is 0 Å². The van der Waals surface area contributed by atoms with Crippen LogP contribution in [0.4, 0.5) is 0 Å². The minimum Gasteiger partial charge on any atom is -0.387 e. The van der Waals surface area contributed by atoms with Crippen LogP contribution in [0.25, 0.3) is 0 Å². The third kappa shape index (κ3) is 24.3. The molecule has 0 aliphatic rings. The van der Waals surface area contributed by atoms with Crippen molar-refractivity contribution in [2.75, 3.05) is 19.6 Å². The highest BCUT2D eigenvalue weighted by atomic mass is 15.2. The molecule has 0 fully saturated rings. The van der Waals surface area contributed by atoms with Crippen molar-refractivity contribution in [1.82, 2.24) is 15.5 Å². The van der Waals surface area contributed by atoms with Gasteiger partial charge in [-0.15, -0.1) is 0 Å². The second-order valence-electron chi connectivity index (χ2n) is 10.4. The van der Waals surface area contributed by atoms with E-state index in [1.54, 1.807) is 0 Å². The molecule has 0 aliphatic carbocycles. The molecule has 0 saturated carbocycles. The van der Waals surface area contributed by atoms with Crippen molar-refractivity contribution in [3.63, 3.8) is 0 Å². The van der Waals surface area contributed by atoms with Gasteiger partial charge in [0.2, 0.25) is 0 Å². The first-order valence-corrected chi connectivity index (χ1v) is 15.3. The van der Waals surface area contributed by atoms with Crippen LogP contribution >= 0.6 is 0 Å². The van der Waals surface area contributed by atoms with Gasteiger partial charge in [-0.25, -0.2) is 0 Å². The predicted molar refractivity (Wildman–Crippen MR) is 160 cm³/mol. The first kappa shape index (κ1) is 33.8. The molecule has 3 heteroatoms. The Balaban J connectivity index is 3.70. The molecule has 0 bridgehead atoms. The largest absolute Gasteiger partial charge is 0.387 e. The third-order valence-electron chi connectivity index (χ3n) is 6.62. The van der Waals surface area contributed by atoms with Gasteiger partial charge in [0.25, 0.3) is 0 Å². The van der Waals surface area contributed by atoms with E-state index in [4.69, 9.17) is 0 Å². The van der Waals surface area contributed by atoms with Crippen LogP contribution in [0.3, 0.4) is 0 Å². The molecule has 0 spiro atoms. The van der Waals surface area contributed by atoms with Gasteiger partial charge in [-0.3, -0.25) is 0 Å². The summed E-state index contributed by atoms with van der Waals surface area (Å²) in [5, 5.41) is 7.19. The van der Waals surface area contributed by atoms with Gasteiger partial charge in [-0.05, 0) is 77.7 Å². The molecular weight excluding hydrogens is 426 g/mol. The summed E-state index contributed by atoms with van der Waals surface area (Å²) in [7, 11) is 0. The molecule has 0 aromatic carbocycles. The molecule has 0 saturated heterocycles. The van der Waals surface area contributed by atoms with Crippen LogP contribution in [-0.2, 0) is 0 Å². The molecule has 0 radical (unpaired) electrons. The SMILES string of the molecule is CCC=CNC(C)CN(C=CCC)C(C)CNCCCCCCCC/C=C\CCCCCCCC. The van der Waals surface area contributed by atoms with Crippen LogP contribution in [0.1, 0.15) is 137 Å². The molecule has 2 unspecified atom stereocenters. The van der Waals surface area contributed by atoms with E-state index in [1.165, 1.54) is 89.9 Å². The summed E-state index contributed by atoms with van der Waals surface area (Å²) in [6, 6.07) is 0.948. The topological polar surface area (TPSA) is 27.3 Å². The maximum Gasteiger partial charge on any atom is 0.0402 e. The molecule has 206 valence electrons. The maximum atomic E-state index is 3.70. The number of nitrogens with one attached hydrogen (secondary N) is 2. The Labute approximate surface area is 221 Å². The van der Waals surface area contributed by atoms with Gasteiger partial charge in [-0.1, -0.05) is 103 Å². The summed E-state index contributed by atoms with van der Waals surface area (Å²) < 4.78 is 0. The second-order valence-corrected chi connectivity index (χ2v) is 10.4. The molecule has 2 atom stereocenters. The van der Waals surface area contributed by atoms with Crippen molar-refractivity contribution in [3.05, 3.63) is 36.7 Å². The zero-order valence-corrected chi connectivity index (χ0v) is 24.5. The fourth-order valence-electron chi connectivity index (χ4n) is 4.27. The number of nitrogens with zero attached hydrogens (tertiary/aromatic N) is 1. The molecular formula is C32H63N3. The summed E-state index contributed by atoms with van der Waals surface area (Å²) >= 11 is 0. The van der Waals surface area contributed by atoms with Gasteiger partial charge in [0.05, 0.1) is 0 Å². The van der Waals surface area contributed by atoms with Crippen LogP contribution in [0.15, 0.2) is 36.7 Å². The number of unbranched alkanes of at least 4 members (excludes halogenated alkanes) is 12. The third-order valence-corrected chi connectivity index (χ3v) is 6.62. The van der Waals surface area contributed by atoms with Crippen molar-refractivity contribution >= 4 is 0 Å². The average molecular weight is 490 g/mol. The van der Waals surface area contributed by atoms with Gasteiger partial charge in [0.1, 0.15) is 0 Å². The van der Waals surface area contributed by atoms with Crippen molar-refractivity contribution in [3.8, 4) is 0 Å². The van der Waals surface area contributed by atoms with Crippen molar-refractivity contribution in [1.29, 1.82) is 0 Å². The Morgan fingerprint density at radius 1 is 0.657 bits per heavy atom. The number of rotatable bonds is 26. The normalized spacial score (nSPS) is 13.9. The lowest BCUT2D eigenvalue weighted by Crippen LogP contribution is -2.43. The molecule has 35 heavy (non-hydrogen) atoms. The Kier molecular flexibility index (Phi) is 26.4. The van der Waals surface area contributed by atoms with Crippen LogP contribution in [0.5, 0.6) is 0 Å². The summed E-state index contributed by atoms with van der Waals surface area (Å²) in [5.74, 6) is 0. The molecule has 0 rings (SSSR count). The fraction of sp³-hybridized carbons (Fsp3) is 0.812. The summed E-state index contributed by atoms with van der Waals surface area (Å²) in [4.78, 5) is 2.48. The minimum atomic E-state index is 0.442. The molecule has 0 aromatic rings. The van der Waals surface area contributed by atoms with Gasteiger partial charge in [0.15, 0.2) is 0 Å². The van der Waals surface area contributed by atoms with E-state index in [2.05, 4.69) is 86.9 Å². The number of allylic oxidation sites excluding steroid dienone is 4. The maximum absolute atomic E-state index is 3.70. The Morgan fingerprint density at radius 2 is 1.23 bits per heavy atom. The highest BCUT2D eigenvalue weighted by Gasteiger charge is 2.12. The first-order valence-electron chi connectivity index (χ1n) is 15.3. The van der Waals surface area contributed by atoms with E-state index in [0.29, 0.717) is 12.1 Å². The minimum absolute atomic E-state index is 0.442. The van der Waals surface area contributed by atoms with E-state index in [-0.39, 0.29) is 0 Å². The lowest BCUT2D eigenvalue weighted by molar-refractivity contribution is 0.263. The van der Waals surface area contributed by atoms with Crippen molar-refractivity contribution < 1.29 is 0 Å². The highest BCUT2D eigenvalue weighted by molar-refractivity contribution is 4.89. The fourth-order valence-corrected chi connectivity index (χ4v) is 4.27. The van der Waals surface area contributed by atoms with Gasteiger partial charge < -0.3 is 15.5 Å². The van der Waals surface area contributed by atoms with Crippen LogP contribution in [-0.4, -0.2) is 36.6 Å². The van der Waals surface area contributed by atoms with Crippen LogP contribution in [0.2, 0.25) is 0 Å². The van der Waals surface area contributed by atoms with Crippen LogP contribution < -0.4 is 10.6 Å². The molecule has 0 aliphatic heterocycles. The first-order chi connectivity index (χ1) is 17.2. The Bertz CT molecular complexity index is 497. The smallest absolute Gasteiger partial charge is 0.0402 e. The molecule has 3 nitrogen and oxygen atoms in total. The number of hydrogen-bond acceptors (Lipinski definition) is 3. The van der Waals surface area contributed by atoms with Crippen LogP contribution in [0, 0.1) is 0 Å². The van der Waals surface area contributed by atoms with Gasteiger partial charge in [0, 0.05) is 25.2 Å². The highest BCUT2D eigenvalue weighted by Crippen LogP contribution is 2.10. The van der Waals surface area contributed by atoms with Gasteiger partial charge >= 0.3 is 0 Å². The molecule has 0 aromatic heterocycles. The van der Waals surface area contributed by atoms with Crippen molar-refractivity contribution in [2.45, 2.75) is 149 Å². The van der Waals surface area contributed by atoms with E-state index < -0.39 is 0 Å². The van der Waals surface area contributed by atoms with E-state index in [0.717, 1.165) is 32.5 Å². The van der Waals surface area contributed by atoms with E-state index in [9.17, 15) is 0 Å². The molecule has 0 amide bonds. The zero-order chi connectivity index (χ0) is 25.8. The second kappa shape index (κ2) is 27.4. The quantitative estimate of drug-likeness (QED) is 0.0936. The van der Waals surface area contributed by atoms with E-state index >= 15 is 0 Å². The predicted octanol–water partition coefficient (Wildman–Crippen LogP) is 9.13. The molecule has 0 heterocycles. The lowest BCUT2D eigenvalue weighted by atomic mass is 10.1. The van der Waals surface area contributed by atoms with Crippen molar-refractivity contribution in [2.24, 2.45) is 0 Å². The Hall–Kier alpha value is -1.22. The zero-order valence-electron chi connectivity index (χ0n) is 24.5. The molecule has 2 N–H and O–H groups in total. The standard InChI is InChI=1S/C32H63N3/c1-6-9-12-13-14-15-16-17-18-19-20-21-22-23-24-25-26-33-29-32(5)35(28-11-8-3)30-31(4)34-27-10-7-2/h10-11,17-18,27-28,31-34H,6-9,12-16,19-26,29-30H2,1-5H3/b18-17-,27-10?,28-11?. The van der Waals surface area contributed by atoms with Gasteiger partial charge in [-0.2, -0.15) is 0 Å².